The second-order valence-electron chi connectivity index (χ2n) is 6.18. The number of rotatable bonds is 6. The van der Waals surface area contributed by atoms with Crippen molar-refractivity contribution >= 4 is 17.5 Å². The highest BCUT2D eigenvalue weighted by Crippen LogP contribution is 2.20. The average molecular weight is 353 g/mol. The molecule has 0 aliphatic carbocycles. The largest absolute Gasteiger partial charge is 0.343 e. The van der Waals surface area contributed by atoms with Gasteiger partial charge in [-0.3, -0.25) is 19.7 Å². The molecular formula is C19H19N3O4. The molecule has 1 saturated heterocycles. The molecule has 26 heavy (non-hydrogen) atoms. The Balaban J connectivity index is 1.77. The molecule has 0 unspecified atom stereocenters. The number of nitro benzene ring substituents is 1. The maximum absolute atomic E-state index is 12.6. The number of benzene rings is 2. The van der Waals surface area contributed by atoms with Gasteiger partial charge in [0.25, 0.3) is 11.6 Å². The molecule has 0 bridgehead atoms. The van der Waals surface area contributed by atoms with Crippen LogP contribution in [0.5, 0.6) is 0 Å². The van der Waals surface area contributed by atoms with Gasteiger partial charge in [0.15, 0.2) is 0 Å². The van der Waals surface area contributed by atoms with Crippen molar-refractivity contribution in [3.8, 4) is 0 Å². The van der Waals surface area contributed by atoms with E-state index in [2.05, 4.69) is 5.32 Å². The minimum Gasteiger partial charge on any atom is -0.343 e. The third-order valence-corrected chi connectivity index (χ3v) is 4.42. The molecule has 7 heteroatoms. The van der Waals surface area contributed by atoms with Crippen LogP contribution in [0.4, 0.5) is 5.69 Å². The van der Waals surface area contributed by atoms with E-state index in [0.29, 0.717) is 25.1 Å². The van der Waals surface area contributed by atoms with Crippen molar-refractivity contribution in [1.82, 2.24) is 10.2 Å². The summed E-state index contributed by atoms with van der Waals surface area (Å²) in [5.74, 6) is -0.240. The number of carbonyl (C=O) groups is 2. The molecular weight excluding hydrogens is 334 g/mol. The molecule has 2 amide bonds. The molecule has 1 aliphatic heterocycles. The predicted octanol–water partition coefficient (Wildman–Crippen LogP) is 2.69. The highest BCUT2D eigenvalue weighted by atomic mass is 16.6. The molecule has 2 aromatic carbocycles. The van der Waals surface area contributed by atoms with E-state index in [1.807, 2.05) is 30.3 Å². The number of nitrogens with zero attached hydrogens (tertiary/aromatic N) is 2. The minimum absolute atomic E-state index is 0.0659. The Bertz CT molecular complexity index is 805. The third kappa shape index (κ3) is 4.05. The first kappa shape index (κ1) is 17.6. The van der Waals surface area contributed by atoms with Crippen molar-refractivity contribution in [2.24, 2.45) is 0 Å². The van der Waals surface area contributed by atoms with Gasteiger partial charge in [0.1, 0.15) is 0 Å². The van der Waals surface area contributed by atoms with E-state index in [1.165, 1.54) is 24.3 Å². The van der Waals surface area contributed by atoms with E-state index < -0.39 is 4.92 Å². The van der Waals surface area contributed by atoms with Crippen molar-refractivity contribution < 1.29 is 14.5 Å². The van der Waals surface area contributed by atoms with Crippen LogP contribution in [0, 0.1) is 10.1 Å². The monoisotopic (exact) mass is 353 g/mol. The first-order valence-corrected chi connectivity index (χ1v) is 8.42. The molecule has 1 fully saturated rings. The molecule has 0 spiro atoms. The summed E-state index contributed by atoms with van der Waals surface area (Å²) in [5, 5.41) is 13.7. The zero-order valence-corrected chi connectivity index (χ0v) is 14.1. The van der Waals surface area contributed by atoms with Gasteiger partial charge in [-0.25, -0.2) is 0 Å². The fourth-order valence-corrected chi connectivity index (χ4v) is 3.01. The summed E-state index contributed by atoms with van der Waals surface area (Å²) in [4.78, 5) is 36.5. The fourth-order valence-electron chi connectivity index (χ4n) is 3.01. The highest BCUT2D eigenvalue weighted by Gasteiger charge is 2.25. The minimum atomic E-state index is -0.507. The smallest absolute Gasteiger partial charge is 0.269 e. The van der Waals surface area contributed by atoms with Crippen LogP contribution < -0.4 is 5.32 Å². The normalized spacial score (nSPS) is 14.9. The molecule has 0 saturated carbocycles. The van der Waals surface area contributed by atoms with E-state index in [0.717, 1.165) is 12.0 Å². The summed E-state index contributed by atoms with van der Waals surface area (Å²) < 4.78 is 0. The summed E-state index contributed by atoms with van der Waals surface area (Å²) in [6, 6.07) is 14.6. The number of non-ortho nitro benzene ring substituents is 1. The maximum Gasteiger partial charge on any atom is 0.269 e. The SMILES string of the molecule is O=C(N[C@H](CN1CCCC1=O)c1ccccc1)c1ccc([N+](=O)[O-])cc1. The van der Waals surface area contributed by atoms with Gasteiger partial charge in [-0.2, -0.15) is 0 Å². The first-order chi connectivity index (χ1) is 12.5. The van der Waals surface area contributed by atoms with Crippen LogP contribution in [0.3, 0.4) is 0 Å². The zero-order valence-electron chi connectivity index (χ0n) is 14.1. The number of likely N-dealkylation sites (tertiary alicyclic amines) is 1. The predicted molar refractivity (Wildman–Crippen MR) is 95.6 cm³/mol. The molecule has 134 valence electrons. The second kappa shape index (κ2) is 7.77. The molecule has 7 nitrogen and oxygen atoms in total. The lowest BCUT2D eigenvalue weighted by molar-refractivity contribution is -0.384. The highest BCUT2D eigenvalue weighted by molar-refractivity contribution is 5.94. The Morgan fingerprint density at radius 1 is 1.15 bits per heavy atom. The van der Waals surface area contributed by atoms with Gasteiger partial charge in [-0.15, -0.1) is 0 Å². The molecule has 1 N–H and O–H groups in total. The maximum atomic E-state index is 12.6. The summed E-state index contributed by atoms with van der Waals surface area (Å²) in [5.41, 5.74) is 1.18. The number of nitro groups is 1. The Hall–Kier alpha value is -3.22. The summed E-state index contributed by atoms with van der Waals surface area (Å²) in [7, 11) is 0. The molecule has 0 radical (unpaired) electrons. The van der Waals surface area contributed by atoms with Crippen LogP contribution in [0.2, 0.25) is 0 Å². The molecule has 1 aliphatic rings. The standard InChI is InChI=1S/C19H19N3O4/c23-18-7-4-12-21(18)13-17(14-5-2-1-3-6-14)20-19(24)15-8-10-16(11-9-15)22(25)26/h1-3,5-6,8-11,17H,4,7,12-13H2,(H,20,24)/t17-/m1/s1. The number of carbonyl (C=O) groups excluding carboxylic acids is 2. The first-order valence-electron chi connectivity index (χ1n) is 8.42. The van der Waals surface area contributed by atoms with Crippen LogP contribution in [0.1, 0.15) is 34.8 Å². The van der Waals surface area contributed by atoms with E-state index >= 15 is 0 Å². The lowest BCUT2D eigenvalue weighted by Gasteiger charge is -2.25. The molecule has 0 aromatic heterocycles. The van der Waals surface area contributed by atoms with Crippen molar-refractivity contribution in [3.63, 3.8) is 0 Å². The Labute approximate surface area is 150 Å². The number of amides is 2. The van der Waals surface area contributed by atoms with Crippen molar-refractivity contribution in [3.05, 3.63) is 75.8 Å². The van der Waals surface area contributed by atoms with Gasteiger partial charge >= 0.3 is 0 Å². The van der Waals surface area contributed by atoms with Gasteiger partial charge in [-0.1, -0.05) is 30.3 Å². The van der Waals surface area contributed by atoms with Crippen LogP contribution in [-0.2, 0) is 4.79 Å². The number of hydrogen-bond donors (Lipinski definition) is 1. The van der Waals surface area contributed by atoms with Crippen LogP contribution in [-0.4, -0.2) is 34.7 Å². The van der Waals surface area contributed by atoms with E-state index in [1.54, 1.807) is 4.90 Å². The Kier molecular flexibility index (Phi) is 5.26. The molecule has 1 heterocycles. The Morgan fingerprint density at radius 2 is 1.85 bits per heavy atom. The summed E-state index contributed by atoms with van der Waals surface area (Å²) >= 11 is 0. The van der Waals surface area contributed by atoms with E-state index in [-0.39, 0.29) is 23.5 Å². The molecule has 2 aromatic rings. The Morgan fingerprint density at radius 3 is 2.42 bits per heavy atom. The summed E-state index contributed by atoms with van der Waals surface area (Å²) in [6.07, 6.45) is 1.37. The topological polar surface area (TPSA) is 92.6 Å². The van der Waals surface area contributed by atoms with Crippen LogP contribution >= 0.6 is 0 Å². The van der Waals surface area contributed by atoms with Crippen molar-refractivity contribution in [1.29, 1.82) is 0 Å². The lowest BCUT2D eigenvalue weighted by Crippen LogP contribution is -2.38. The fraction of sp³-hybridized carbons (Fsp3) is 0.263. The van der Waals surface area contributed by atoms with E-state index in [9.17, 15) is 19.7 Å². The average Bonchev–Trinajstić information content (AvgIpc) is 3.06. The van der Waals surface area contributed by atoms with Gasteiger partial charge in [0, 0.05) is 37.2 Å². The van der Waals surface area contributed by atoms with Gasteiger partial charge < -0.3 is 10.2 Å². The van der Waals surface area contributed by atoms with Gasteiger partial charge in [0.05, 0.1) is 11.0 Å². The van der Waals surface area contributed by atoms with Crippen molar-refractivity contribution in [2.75, 3.05) is 13.1 Å². The summed E-state index contributed by atoms with van der Waals surface area (Å²) in [6.45, 7) is 1.09. The van der Waals surface area contributed by atoms with Gasteiger partial charge in [-0.05, 0) is 24.1 Å². The second-order valence-corrected chi connectivity index (χ2v) is 6.18. The quantitative estimate of drug-likeness (QED) is 0.638. The number of hydrogen-bond acceptors (Lipinski definition) is 4. The van der Waals surface area contributed by atoms with Crippen LogP contribution in [0.15, 0.2) is 54.6 Å². The third-order valence-electron chi connectivity index (χ3n) is 4.42. The van der Waals surface area contributed by atoms with Crippen molar-refractivity contribution in [2.45, 2.75) is 18.9 Å². The van der Waals surface area contributed by atoms with Gasteiger partial charge in [0.2, 0.25) is 5.91 Å². The van der Waals surface area contributed by atoms with Crippen LogP contribution in [0.25, 0.3) is 0 Å². The van der Waals surface area contributed by atoms with E-state index in [4.69, 9.17) is 0 Å². The molecule has 1 atom stereocenters. The lowest BCUT2D eigenvalue weighted by atomic mass is 10.1. The number of nitrogens with one attached hydrogen (secondary N) is 1. The zero-order chi connectivity index (χ0) is 18.5. The molecule has 3 rings (SSSR count).